The molecule has 0 heterocycles. The predicted molar refractivity (Wildman–Crippen MR) is 97.2 cm³/mol. The molecule has 0 aliphatic rings. The van der Waals surface area contributed by atoms with Gasteiger partial charge in [-0.3, -0.25) is 9.59 Å². The number of aryl methyl sites for hydroxylation is 1. The van der Waals surface area contributed by atoms with Gasteiger partial charge in [0.15, 0.2) is 5.78 Å². The number of carbonyl (C=O) groups is 2. The highest BCUT2D eigenvalue weighted by molar-refractivity contribution is 5.84. The molecule has 1 aromatic carbocycles. The maximum atomic E-state index is 11.9. The van der Waals surface area contributed by atoms with Crippen molar-refractivity contribution in [3.05, 3.63) is 29.8 Å². The van der Waals surface area contributed by atoms with Crippen LogP contribution in [0.25, 0.3) is 0 Å². The Morgan fingerprint density at radius 2 is 1.88 bits per heavy atom. The fourth-order valence-corrected chi connectivity index (χ4v) is 2.65. The van der Waals surface area contributed by atoms with Gasteiger partial charge in [-0.1, -0.05) is 50.8 Å². The number of aliphatic carboxylic acids is 1. The number of ketones is 1. The molecule has 0 radical (unpaired) electrons. The van der Waals surface area contributed by atoms with E-state index < -0.39 is 12.0 Å². The number of hydrogen-bond acceptors (Lipinski definition) is 4. The first kappa shape index (κ1) is 20.2. The summed E-state index contributed by atoms with van der Waals surface area (Å²) in [5, 5.41) is 12.2. The summed E-state index contributed by atoms with van der Waals surface area (Å²) in [6.45, 7) is 3.78. The van der Waals surface area contributed by atoms with Crippen LogP contribution in [0.4, 0.5) is 5.69 Å². The number of Topliss-reactive ketones (excluding diaryl/α,β-unsaturated/α-hetero) is 1. The number of unbranched alkanes of at least 4 members (excludes halogenated alkanes) is 3. The molecular formula is C19H30N2O3. The number of nitrogens with two attached hydrogens (primary N) is 1. The van der Waals surface area contributed by atoms with Crippen molar-refractivity contribution in [1.29, 1.82) is 0 Å². The van der Waals surface area contributed by atoms with Gasteiger partial charge in [0, 0.05) is 5.69 Å². The predicted octanol–water partition coefficient (Wildman–Crippen LogP) is 3.37. The molecule has 2 atom stereocenters. The molecule has 5 heteroatoms. The van der Waals surface area contributed by atoms with Gasteiger partial charge >= 0.3 is 5.97 Å². The molecule has 0 saturated heterocycles. The van der Waals surface area contributed by atoms with Gasteiger partial charge in [0.05, 0.1) is 6.04 Å². The van der Waals surface area contributed by atoms with E-state index in [-0.39, 0.29) is 11.8 Å². The lowest BCUT2D eigenvalue weighted by molar-refractivity contribution is -0.138. The molecule has 134 valence electrons. The Bertz CT molecular complexity index is 531. The standard InChI is InChI=1S/C19H30N2O3/c1-3-4-5-6-10-17(14(2)22)21-18-11-8-7-9-15(18)12-13-16(20)19(23)24/h7-9,11,16-17,21H,3-6,10,12-13,20H2,1-2H3,(H,23,24)/t16-,17-/m0/s1. The van der Waals surface area contributed by atoms with Crippen LogP contribution in [0.3, 0.4) is 0 Å². The maximum absolute atomic E-state index is 11.9. The van der Waals surface area contributed by atoms with Crippen molar-refractivity contribution in [2.75, 3.05) is 5.32 Å². The van der Waals surface area contributed by atoms with Gasteiger partial charge < -0.3 is 16.2 Å². The van der Waals surface area contributed by atoms with Crippen molar-refractivity contribution in [3.63, 3.8) is 0 Å². The second kappa shape index (κ2) is 10.8. The Morgan fingerprint density at radius 3 is 2.50 bits per heavy atom. The molecule has 0 unspecified atom stereocenters. The number of para-hydroxylation sites is 1. The summed E-state index contributed by atoms with van der Waals surface area (Å²) in [6.07, 6.45) is 6.28. The topological polar surface area (TPSA) is 92.4 Å². The van der Waals surface area contributed by atoms with Crippen LogP contribution >= 0.6 is 0 Å². The highest BCUT2D eigenvalue weighted by Gasteiger charge is 2.16. The number of carboxylic acid groups (broad SMARTS) is 1. The van der Waals surface area contributed by atoms with Crippen LogP contribution in [0.15, 0.2) is 24.3 Å². The van der Waals surface area contributed by atoms with E-state index in [1.165, 1.54) is 12.8 Å². The van der Waals surface area contributed by atoms with Crippen LogP contribution < -0.4 is 11.1 Å². The Labute approximate surface area is 144 Å². The number of rotatable bonds is 12. The smallest absolute Gasteiger partial charge is 0.320 e. The average Bonchev–Trinajstić information content (AvgIpc) is 2.56. The molecule has 0 saturated carbocycles. The number of carboxylic acids is 1. The highest BCUT2D eigenvalue weighted by atomic mass is 16.4. The second-order valence-electron chi connectivity index (χ2n) is 6.30. The maximum Gasteiger partial charge on any atom is 0.320 e. The van der Waals surface area contributed by atoms with Crippen molar-refractivity contribution >= 4 is 17.4 Å². The first-order valence-corrected chi connectivity index (χ1v) is 8.79. The van der Waals surface area contributed by atoms with E-state index in [9.17, 15) is 9.59 Å². The highest BCUT2D eigenvalue weighted by Crippen LogP contribution is 2.20. The minimum Gasteiger partial charge on any atom is -0.480 e. The molecule has 0 aromatic heterocycles. The summed E-state index contributed by atoms with van der Waals surface area (Å²) < 4.78 is 0. The third-order valence-electron chi connectivity index (χ3n) is 4.23. The summed E-state index contributed by atoms with van der Waals surface area (Å²) in [4.78, 5) is 22.8. The van der Waals surface area contributed by atoms with E-state index in [0.29, 0.717) is 12.8 Å². The van der Waals surface area contributed by atoms with Crippen molar-refractivity contribution in [3.8, 4) is 0 Å². The molecule has 24 heavy (non-hydrogen) atoms. The first-order valence-electron chi connectivity index (χ1n) is 8.79. The van der Waals surface area contributed by atoms with Crippen LogP contribution in [0.5, 0.6) is 0 Å². The third-order valence-corrected chi connectivity index (χ3v) is 4.23. The minimum absolute atomic E-state index is 0.128. The van der Waals surface area contributed by atoms with Crippen LogP contribution in [0, 0.1) is 0 Å². The van der Waals surface area contributed by atoms with Gasteiger partial charge in [0.1, 0.15) is 6.04 Å². The molecule has 1 rings (SSSR count). The number of nitrogens with one attached hydrogen (secondary N) is 1. The quantitative estimate of drug-likeness (QED) is 0.510. The zero-order chi connectivity index (χ0) is 17.9. The lowest BCUT2D eigenvalue weighted by atomic mass is 10.0. The van der Waals surface area contributed by atoms with Crippen molar-refractivity contribution < 1.29 is 14.7 Å². The normalized spacial score (nSPS) is 13.3. The van der Waals surface area contributed by atoms with E-state index >= 15 is 0 Å². The SMILES string of the molecule is CCCCCC[C@H](Nc1ccccc1CC[C@H](N)C(=O)O)C(C)=O. The van der Waals surface area contributed by atoms with Gasteiger partial charge in [-0.25, -0.2) is 0 Å². The van der Waals surface area contributed by atoms with Crippen molar-refractivity contribution in [2.45, 2.75) is 70.9 Å². The van der Waals surface area contributed by atoms with E-state index in [4.69, 9.17) is 10.8 Å². The first-order chi connectivity index (χ1) is 11.5. The number of hydrogen-bond donors (Lipinski definition) is 3. The summed E-state index contributed by atoms with van der Waals surface area (Å²) in [6, 6.07) is 6.65. The number of benzene rings is 1. The van der Waals surface area contributed by atoms with Gasteiger partial charge in [-0.15, -0.1) is 0 Å². The van der Waals surface area contributed by atoms with E-state index in [1.807, 2.05) is 24.3 Å². The molecule has 0 spiro atoms. The summed E-state index contributed by atoms with van der Waals surface area (Å²) in [7, 11) is 0. The van der Waals surface area contributed by atoms with Crippen LogP contribution in [-0.2, 0) is 16.0 Å². The molecule has 0 bridgehead atoms. The Balaban J connectivity index is 2.69. The number of anilines is 1. The zero-order valence-corrected chi connectivity index (χ0v) is 14.8. The fourth-order valence-electron chi connectivity index (χ4n) is 2.65. The summed E-state index contributed by atoms with van der Waals surface area (Å²) in [5.74, 6) is -0.860. The van der Waals surface area contributed by atoms with Crippen molar-refractivity contribution in [1.82, 2.24) is 0 Å². The monoisotopic (exact) mass is 334 g/mol. The van der Waals surface area contributed by atoms with E-state index in [0.717, 1.165) is 30.5 Å². The van der Waals surface area contributed by atoms with Crippen LogP contribution in [0.1, 0.15) is 57.9 Å². The second-order valence-corrected chi connectivity index (χ2v) is 6.30. The summed E-state index contributed by atoms with van der Waals surface area (Å²) >= 11 is 0. The Hall–Kier alpha value is -1.88. The number of carbonyl (C=O) groups excluding carboxylic acids is 1. The lowest BCUT2D eigenvalue weighted by Crippen LogP contribution is -2.31. The average molecular weight is 334 g/mol. The molecular weight excluding hydrogens is 304 g/mol. The van der Waals surface area contributed by atoms with Crippen LogP contribution in [0.2, 0.25) is 0 Å². The van der Waals surface area contributed by atoms with Gasteiger partial charge in [0.25, 0.3) is 0 Å². The van der Waals surface area contributed by atoms with Crippen molar-refractivity contribution in [2.24, 2.45) is 5.73 Å². The van der Waals surface area contributed by atoms with Gasteiger partial charge in [0.2, 0.25) is 0 Å². The molecule has 5 nitrogen and oxygen atoms in total. The van der Waals surface area contributed by atoms with E-state index in [1.54, 1.807) is 6.92 Å². The van der Waals surface area contributed by atoms with Gasteiger partial charge in [-0.2, -0.15) is 0 Å². The fraction of sp³-hybridized carbons (Fsp3) is 0.579. The minimum atomic E-state index is -0.988. The third kappa shape index (κ3) is 7.13. The summed E-state index contributed by atoms with van der Waals surface area (Å²) in [5.41, 5.74) is 7.47. The van der Waals surface area contributed by atoms with Crippen LogP contribution in [-0.4, -0.2) is 28.9 Å². The zero-order valence-electron chi connectivity index (χ0n) is 14.8. The molecule has 4 N–H and O–H groups in total. The Morgan fingerprint density at radius 1 is 1.17 bits per heavy atom. The Kier molecular flexibility index (Phi) is 9.08. The molecule has 0 aliphatic carbocycles. The molecule has 0 fully saturated rings. The molecule has 1 aromatic rings. The largest absolute Gasteiger partial charge is 0.480 e. The lowest BCUT2D eigenvalue weighted by Gasteiger charge is -2.20. The molecule has 0 amide bonds. The molecule has 0 aliphatic heterocycles. The van der Waals surface area contributed by atoms with E-state index in [2.05, 4.69) is 12.2 Å². The van der Waals surface area contributed by atoms with Gasteiger partial charge in [-0.05, 0) is 37.8 Å².